The van der Waals surface area contributed by atoms with Crippen molar-refractivity contribution in [2.75, 3.05) is 23.8 Å². The van der Waals surface area contributed by atoms with Gasteiger partial charge in [0.1, 0.15) is 11.4 Å². The van der Waals surface area contributed by atoms with Crippen LogP contribution in [-0.2, 0) is 24.0 Å². The number of carbonyl (C=O) groups is 4. The second-order valence-corrected chi connectivity index (χ2v) is 10.4. The number of oxime groups is 1. The smallest absolute Gasteiger partial charge is 0.352 e. The summed E-state index contributed by atoms with van der Waals surface area (Å²) in [6.07, 6.45) is 4.68. The first kappa shape index (κ1) is 26.9. The highest BCUT2D eigenvalue weighted by Crippen LogP contribution is 2.41. The highest BCUT2D eigenvalue weighted by atomic mass is 32.2. The van der Waals surface area contributed by atoms with Gasteiger partial charge in [-0.3, -0.25) is 14.5 Å². The van der Waals surface area contributed by atoms with E-state index in [9.17, 15) is 24.3 Å². The quantitative estimate of drug-likeness (QED) is 0.0840. The Morgan fingerprint density at radius 1 is 1.42 bits per heavy atom. The number of thioether (sulfide) groups is 2. The van der Waals surface area contributed by atoms with Crippen LogP contribution in [-0.4, -0.2) is 93.3 Å². The van der Waals surface area contributed by atoms with E-state index in [0.29, 0.717) is 17.7 Å². The second kappa shape index (κ2) is 11.5. The molecular formula is C19H17N9O7S3. The van der Waals surface area contributed by atoms with Crippen molar-refractivity contribution in [2.24, 2.45) is 5.16 Å². The van der Waals surface area contributed by atoms with Crippen molar-refractivity contribution in [3.8, 4) is 12.3 Å². The lowest BCUT2D eigenvalue weighted by Crippen LogP contribution is -2.54. The summed E-state index contributed by atoms with van der Waals surface area (Å²) >= 11 is 3.55. The van der Waals surface area contributed by atoms with Crippen LogP contribution in [0.5, 0.6) is 0 Å². The fourth-order valence-corrected chi connectivity index (χ4v) is 6.15. The summed E-state index contributed by atoms with van der Waals surface area (Å²) in [5.41, 5.74) is 5.73. The lowest BCUT2D eigenvalue weighted by atomic mass is 10.1. The third-order valence-electron chi connectivity index (χ3n) is 4.97. The molecular weight excluding hydrogens is 562 g/mol. The van der Waals surface area contributed by atoms with Gasteiger partial charge in [-0.15, -0.1) is 34.6 Å². The maximum absolute atomic E-state index is 13.0. The standard InChI is InChI=1S/C19H17N9O7S3/c1-2-10(22-16(32)14(24-35-4-13(30)31)9-7-37-18(20)21-9)28-19(23-25-26-28)38-6-8-5-36-12-3-11(29)27(12)15(8)17(33)34/h1,7,10,12H,3-6H2,(H2,20,21)(H,22,32)(H,30,31)(H,33,34)/b24-14+. The molecule has 0 bridgehead atoms. The Morgan fingerprint density at radius 3 is 2.84 bits per heavy atom. The van der Waals surface area contributed by atoms with Gasteiger partial charge in [0, 0.05) is 16.9 Å². The van der Waals surface area contributed by atoms with E-state index in [4.69, 9.17) is 22.1 Å². The highest BCUT2D eigenvalue weighted by molar-refractivity contribution is 8.00. The number of hydrogen-bond donors (Lipinski definition) is 4. The van der Waals surface area contributed by atoms with E-state index in [2.05, 4.69) is 36.9 Å². The summed E-state index contributed by atoms with van der Waals surface area (Å²) in [5, 5.41) is 37.3. The summed E-state index contributed by atoms with van der Waals surface area (Å²) in [7, 11) is 0. The lowest BCUT2D eigenvalue weighted by Gasteiger charge is -2.43. The molecule has 2 aromatic rings. The monoisotopic (exact) mass is 579 g/mol. The number of aliphatic carboxylic acids is 2. The maximum atomic E-state index is 13.0. The molecule has 16 nitrogen and oxygen atoms in total. The van der Waals surface area contributed by atoms with Gasteiger partial charge in [-0.05, 0) is 16.0 Å². The Balaban J connectivity index is 1.51. The van der Waals surface area contributed by atoms with E-state index >= 15 is 0 Å². The van der Waals surface area contributed by atoms with Crippen LogP contribution in [0.2, 0.25) is 0 Å². The predicted molar refractivity (Wildman–Crippen MR) is 134 cm³/mol. The topological polar surface area (TPSA) is 228 Å². The first-order valence-corrected chi connectivity index (χ1v) is 13.3. The molecule has 2 aliphatic heterocycles. The fraction of sp³-hybridized carbons (Fsp3) is 0.316. The number of anilines is 1. The molecule has 0 aromatic carbocycles. The highest BCUT2D eigenvalue weighted by Gasteiger charge is 2.45. The molecule has 2 unspecified atom stereocenters. The third-order valence-corrected chi connectivity index (χ3v) is 7.94. The van der Waals surface area contributed by atoms with Crippen molar-refractivity contribution < 1.29 is 34.2 Å². The van der Waals surface area contributed by atoms with Crippen molar-refractivity contribution in [2.45, 2.75) is 23.1 Å². The number of thiazole rings is 1. The van der Waals surface area contributed by atoms with Gasteiger partial charge in [0.15, 0.2) is 17.0 Å². The van der Waals surface area contributed by atoms with Gasteiger partial charge in [0.2, 0.25) is 17.7 Å². The van der Waals surface area contributed by atoms with E-state index in [0.717, 1.165) is 27.8 Å². The third kappa shape index (κ3) is 5.71. The zero-order chi connectivity index (χ0) is 27.4. The lowest BCUT2D eigenvalue weighted by molar-refractivity contribution is -0.146. The molecule has 1 fully saturated rings. The summed E-state index contributed by atoms with van der Waals surface area (Å²) in [4.78, 5) is 57.5. The van der Waals surface area contributed by atoms with Crippen LogP contribution in [0.3, 0.4) is 0 Å². The van der Waals surface area contributed by atoms with Gasteiger partial charge in [0.05, 0.1) is 11.8 Å². The number of carboxylic acid groups (broad SMARTS) is 2. The van der Waals surface area contributed by atoms with E-state index in [-0.39, 0.29) is 44.4 Å². The Morgan fingerprint density at radius 2 is 2.21 bits per heavy atom. The number of tetrazole rings is 1. The minimum absolute atomic E-state index is 0.0271. The van der Waals surface area contributed by atoms with Crippen LogP contribution in [0.15, 0.2) is 27.0 Å². The molecule has 0 radical (unpaired) electrons. The number of nitrogens with one attached hydrogen (secondary N) is 1. The molecule has 0 saturated carbocycles. The van der Waals surface area contributed by atoms with Crippen LogP contribution in [0.25, 0.3) is 0 Å². The average Bonchev–Trinajstić information content (AvgIpc) is 3.51. The first-order valence-electron chi connectivity index (χ1n) is 10.4. The molecule has 4 heterocycles. The van der Waals surface area contributed by atoms with Crippen LogP contribution in [0.4, 0.5) is 5.13 Å². The SMILES string of the molecule is C#CC(NC(=O)/C(=N/OCC(=O)O)c1csc(N)n1)n1nnnc1SCC1=C(C(=O)O)N2C(=O)CC2SC1. The molecule has 1 saturated heterocycles. The zero-order valence-electron chi connectivity index (χ0n) is 19.0. The number of aromatic nitrogens is 5. The number of carbonyl (C=O) groups excluding carboxylic acids is 2. The van der Waals surface area contributed by atoms with Gasteiger partial charge >= 0.3 is 11.9 Å². The normalized spacial score (nSPS) is 17.8. The van der Waals surface area contributed by atoms with Crippen molar-refractivity contribution >= 4 is 69.5 Å². The summed E-state index contributed by atoms with van der Waals surface area (Å²) < 4.78 is 1.13. The van der Waals surface area contributed by atoms with E-state index in [1.165, 1.54) is 22.0 Å². The van der Waals surface area contributed by atoms with Crippen LogP contribution >= 0.6 is 34.9 Å². The molecule has 0 spiro atoms. The summed E-state index contributed by atoms with van der Waals surface area (Å²) in [6, 6.07) is 0. The summed E-state index contributed by atoms with van der Waals surface area (Å²) in [6.45, 7) is -0.807. The van der Waals surface area contributed by atoms with Crippen LogP contribution < -0.4 is 11.1 Å². The number of hydrogen-bond acceptors (Lipinski definition) is 14. The zero-order valence-corrected chi connectivity index (χ0v) is 21.5. The number of nitrogen functional groups attached to an aromatic ring is 1. The summed E-state index contributed by atoms with van der Waals surface area (Å²) in [5.74, 6) is -0.759. The Kier molecular flexibility index (Phi) is 8.13. The molecule has 198 valence electrons. The number of nitrogens with zero attached hydrogens (tertiary/aromatic N) is 7. The molecule has 2 atom stereocenters. The molecule has 4 rings (SSSR count). The molecule has 5 N–H and O–H groups in total. The molecule has 2 aliphatic rings. The molecule has 19 heteroatoms. The number of β-lactam (4-membered cyclic amide) rings is 1. The van der Waals surface area contributed by atoms with Gasteiger partial charge < -0.3 is 26.1 Å². The Bertz CT molecular complexity index is 1400. The van der Waals surface area contributed by atoms with E-state index < -0.39 is 30.6 Å². The Labute approximate surface area is 225 Å². The molecule has 0 aliphatic carbocycles. The number of rotatable bonds is 11. The molecule has 38 heavy (non-hydrogen) atoms. The van der Waals surface area contributed by atoms with E-state index in [1.54, 1.807) is 0 Å². The number of fused-ring (bicyclic) bond motifs is 1. The van der Waals surface area contributed by atoms with Gasteiger partial charge in [-0.1, -0.05) is 22.8 Å². The van der Waals surface area contributed by atoms with Crippen LogP contribution in [0.1, 0.15) is 18.3 Å². The number of terminal acetylenes is 1. The van der Waals surface area contributed by atoms with Crippen molar-refractivity contribution in [1.29, 1.82) is 0 Å². The van der Waals surface area contributed by atoms with Crippen molar-refractivity contribution in [1.82, 2.24) is 35.4 Å². The largest absolute Gasteiger partial charge is 0.479 e. The average molecular weight is 580 g/mol. The fourth-order valence-electron chi connectivity index (χ4n) is 3.30. The minimum atomic E-state index is -1.31. The van der Waals surface area contributed by atoms with Crippen LogP contribution in [0, 0.1) is 12.3 Å². The van der Waals surface area contributed by atoms with Crippen molar-refractivity contribution in [3.05, 3.63) is 22.3 Å². The molecule has 2 amide bonds. The van der Waals surface area contributed by atoms with Gasteiger partial charge in [-0.2, -0.15) is 4.68 Å². The van der Waals surface area contributed by atoms with Gasteiger partial charge in [-0.25, -0.2) is 14.6 Å². The van der Waals surface area contributed by atoms with E-state index in [1.807, 2.05) is 0 Å². The van der Waals surface area contributed by atoms with Gasteiger partial charge in [0.25, 0.3) is 5.91 Å². The number of carboxylic acids is 2. The Hall–Kier alpha value is -4.15. The second-order valence-electron chi connectivity index (χ2n) is 7.41. The minimum Gasteiger partial charge on any atom is -0.479 e. The molecule has 2 aromatic heterocycles. The van der Waals surface area contributed by atoms with Crippen molar-refractivity contribution in [3.63, 3.8) is 0 Å². The number of nitrogens with two attached hydrogens (primary N) is 1. The maximum Gasteiger partial charge on any atom is 0.352 e. The predicted octanol–water partition coefficient (Wildman–Crippen LogP) is -0.799. The first-order chi connectivity index (χ1) is 18.2. The number of amides is 2.